The molecule has 2 aliphatic heterocycles. The third-order valence-electron chi connectivity index (χ3n) is 4.24. The highest BCUT2D eigenvalue weighted by atomic mass is 35.5. The lowest BCUT2D eigenvalue weighted by Gasteiger charge is -2.30. The maximum absolute atomic E-state index is 13.6. The molecule has 0 aromatic heterocycles. The van der Waals surface area contributed by atoms with Crippen LogP contribution >= 0.6 is 24.8 Å². The number of carbonyl (C=O) groups excluding carboxylic acids is 1. The van der Waals surface area contributed by atoms with Gasteiger partial charge in [-0.2, -0.15) is 0 Å². The van der Waals surface area contributed by atoms with Crippen LogP contribution in [0, 0.1) is 5.82 Å². The maximum atomic E-state index is 13.6. The molecule has 1 aromatic rings. The SMILES string of the molecule is Cl.Cl.O=C(NCc1cc(F)ccc1N1CCOCC1)[C@H]1C[C@H](F)CN1. The van der Waals surface area contributed by atoms with Gasteiger partial charge in [-0.3, -0.25) is 4.79 Å². The van der Waals surface area contributed by atoms with E-state index in [1.54, 1.807) is 6.07 Å². The molecule has 0 saturated carbocycles. The summed E-state index contributed by atoms with van der Waals surface area (Å²) in [5.74, 6) is -0.587. The van der Waals surface area contributed by atoms with E-state index in [0.717, 1.165) is 24.3 Å². The molecule has 2 fully saturated rings. The van der Waals surface area contributed by atoms with E-state index in [-0.39, 0.29) is 56.0 Å². The third kappa shape index (κ3) is 5.67. The van der Waals surface area contributed by atoms with Crippen LogP contribution in [-0.4, -0.2) is 51.0 Å². The van der Waals surface area contributed by atoms with E-state index in [0.29, 0.717) is 13.2 Å². The normalized spacial score (nSPS) is 22.7. The lowest BCUT2D eigenvalue weighted by molar-refractivity contribution is -0.123. The van der Waals surface area contributed by atoms with Gasteiger partial charge in [-0.25, -0.2) is 8.78 Å². The van der Waals surface area contributed by atoms with Gasteiger partial charge in [-0.05, 0) is 23.8 Å². The molecule has 2 N–H and O–H groups in total. The largest absolute Gasteiger partial charge is 0.378 e. The first-order valence-corrected chi connectivity index (χ1v) is 7.90. The van der Waals surface area contributed by atoms with Gasteiger partial charge in [0.2, 0.25) is 5.91 Å². The summed E-state index contributed by atoms with van der Waals surface area (Å²) in [7, 11) is 0. The number of nitrogens with zero attached hydrogens (tertiary/aromatic N) is 1. The molecule has 0 aliphatic carbocycles. The van der Waals surface area contributed by atoms with Gasteiger partial charge in [-0.15, -0.1) is 24.8 Å². The summed E-state index contributed by atoms with van der Waals surface area (Å²) in [6.45, 7) is 3.16. The Bertz CT molecular complexity index is 574. The van der Waals surface area contributed by atoms with Gasteiger partial charge in [-0.1, -0.05) is 0 Å². The van der Waals surface area contributed by atoms with E-state index in [2.05, 4.69) is 15.5 Å². The predicted molar refractivity (Wildman–Crippen MR) is 97.1 cm³/mol. The minimum absolute atomic E-state index is 0. The quantitative estimate of drug-likeness (QED) is 0.813. The number of carbonyl (C=O) groups is 1. The van der Waals surface area contributed by atoms with Crippen molar-refractivity contribution in [3.63, 3.8) is 0 Å². The summed E-state index contributed by atoms with van der Waals surface area (Å²) in [4.78, 5) is 14.2. The van der Waals surface area contributed by atoms with Gasteiger partial charge < -0.3 is 20.3 Å². The smallest absolute Gasteiger partial charge is 0.237 e. The molecule has 2 aliphatic rings. The van der Waals surface area contributed by atoms with E-state index in [1.165, 1.54) is 12.1 Å². The number of hydrogen-bond donors (Lipinski definition) is 2. The average molecular weight is 398 g/mol. The molecule has 0 radical (unpaired) electrons. The van der Waals surface area contributed by atoms with Gasteiger partial charge in [0.25, 0.3) is 0 Å². The Hall–Kier alpha value is -1.15. The summed E-state index contributed by atoms with van der Waals surface area (Å²) in [5, 5.41) is 5.62. The second kappa shape index (κ2) is 10.1. The zero-order valence-corrected chi connectivity index (χ0v) is 15.3. The molecular weight excluding hydrogens is 375 g/mol. The van der Waals surface area contributed by atoms with Crippen molar-refractivity contribution >= 4 is 36.4 Å². The molecule has 1 amide bonds. The summed E-state index contributed by atoms with van der Waals surface area (Å²) in [6, 6.07) is 4.08. The van der Waals surface area contributed by atoms with Crippen LogP contribution in [0.5, 0.6) is 0 Å². The first kappa shape index (κ1) is 21.9. The highest BCUT2D eigenvalue weighted by Crippen LogP contribution is 2.23. The van der Waals surface area contributed by atoms with Crippen LogP contribution in [0.1, 0.15) is 12.0 Å². The molecule has 0 unspecified atom stereocenters. The van der Waals surface area contributed by atoms with Crippen molar-refractivity contribution in [2.45, 2.75) is 25.2 Å². The van der Waals surface area contributed by atoms with E-state index in [4.69, 9.17) is 4.74 Å². The van der Waals surface area contributed by atoms with Crippen LogP contribution < -0.4 is 15.5 Å². The number of benzene rings is 1. The van der Waals surface area contributed by atoms with Crippen molar-refractivity contribution < 1.29 is 18.3 Å². The number of nitrogens with one attached hydrogen (secondary N) is 2. The first-order valence-electron chi connectivity index (χ1n) is 7.90. The monoisotopic (exact) mass is 397 g/mol. The van der Waals surface area contributed by atoms with Crippen LogP contribution in [0.2, 0.25) is 0 Å². The van der Waals surface area contributed by atoms with Crippen LogP contribution in [0.25, 0.3) is 0 Å². The molecule has 2 heterocycles. The molecule has 0 bridgehead atoms. The number of anilines is 1. The number of amides is 1. The van der Waals surface area contributed by atoms with Crippen LogP contribution in [0.3, 0.4) is 0 Å². The Kier molecular flexibility index (Phi) is 8.85. The van der Waals surface area contributed by atoms with E-state index in [9.17, 15) is 13.6 Å². The number of halogens is 4. The van der Waals surface area contributed by atoms with E-state index in [1.807, 2.05) is 0 Å². The fourth-order valence-corrected chi connectivity index (χ4v) is 3.01. The fourth-order valence-electron chi connectivity index (χ4n) is 3.01. The predicted octanol–water partition coefficient (Wildman–Crippen LogP) is 1.82. The Morgan fingerprint density at radius 2 is 2.04 bits per heavy atom. The van der Waals surface area contributed by atoms with E-state index < -0.39 is 12.2 Å². The first-order chi connectivity index (χ1) is 11.1. The van der Waals surface area contributed by atoms with Crippen LogP contribution in [0.4, 0.5) is 14.5 Å². The minimum atomic E-state index is -0.983. The average Bonchev–Trinajstić information content (AvgIpc) is 3.00. The zero-order chi connectivity index (χ0) is 16.2. The molecule has 9 heteroatoms. The second-order valence-corrected chi connectivity index (χ2v) is 5.88. The van der Waals surface area contributed by atoms with Crippen molar-refractivity contribution in [2.24, 2.45) is 0 Å². The molecule has 0 spiro atoms. The van der Waals surface area contributed by atoms with Gasteiger partial charge in [0.1, 0.15) is 12.0 Å². The Labute approximate surface area is 158 Å². The highest BCUT2D eigenvalue weighted by Gasteiger charge is 2.29. The third-order valence-corrected chi connectivity index (χ3v) is 4.24. The van der Waals surface area contributed by atoms with E-state index >= 15 is 0 Å². The molecule has 5 nitrogen and oxygen atoms in total. The standard InChI is InChI=1S/C16H21F2N3O2.2ClH/c17-12-1-2-15(21-3-5-23-6-4-21)11(7-12)9-20-16(22)14-8-13(18)10-19-14;;/h1-2,7,13-14,19H,3-6,8-10H2,(H,20,22);2*1H/t13-,14+;;/m0../s1. The number of morpholine rings is 1. The van der Waals surface area contributed by atoms with Crippen molar-refractivity contribution in [2.75, 3.05) is 37.7 Å². The van der Waals surface area contributed by atoms with Crippen molar-refractivity contribution in [3.05, 3.63) is 29.6 Å². The summed E-state index contributed by atoms with van der Waals surface area (Å²) >= 11 is 0. The Balaban J connectivity index is 0.00000156. The topological polar surface area (TPSA) is 53.6 Å². The molecule has 3 rings (SSSR count). The molecule has 2 saturated heterocycles. The molecule has 142 valence electrons. The number of rotatable bonds is 4. The Morgan fingerprint density at radius 3 is 2.68 bits per heavy atom. The Morgan fingerprint density at radius 1 is 1.32 bits per heavy atom. The number of alkyl halides is 1. The van der Waals surface area contributed by atoms with Crippen LogP contribution in [0.15, 0.2) is 18.2 Å². The fraction of sp³-hybridized carbons (Fsp3) is 0.562. The van der Waals surface area contributed by atoms with Gasteiger partial charge in [0.15, 0.2) is 0 Å². The maximum Gasteiger partial charge on any atom is 0.237 e. The minimum Gasteiger partial charge on any atom is -0.378 e. The van der Waals surface area contributed by atoms with Gasteiger partial charge >= 0.3 is 0 Å². The highest BCUT2D eigenvalue weighted by molar-refractivity contribution is 5.85. The lowest BCUT2D eigenvalue weighted by Crippen LogP contribution is -2.41. The molecule has 1 aromatic carbocycles. The van der Waals surface area contributed by atoms with Gasteiger partial charge in [0.05, 0.1) is 19.3 Å². The summed E-state index contributed by atoms with van der Waals surface area (Å²) in [5.41, 5.74) is 1.62. The molecule has 25 heavy (non-hydrogen) atoms. The summed E-state index contributed by atoms with van der Waals surface area (Å²) < 4.78 is 32.1. The number of hydrogen-bond acceptors (Lipinski definition) is 4. The second-order valence-electron chi connectivity index (χ2n) is 5.88. The van der Waals surface area contributed by atoms with Crippen molar-refractivity contribution in [1.82, 2.24) is 10.6 Å². The zero-order valence-electron chi connectivity index (χ0n) is 13.7. The lowest BCUT2D eigenvalue weighted by atomic mass is 10.1. The van der Waals surface area contributed by atoms with Crippen molar-refractivity contribution in [3.8, 4) is 0 Å². The number of ether oxygens (including phenoxy) is 1. The summed E-state index contributed by atoms with van der Waals surface area (Å²) in [6.07, 6.45) is -0.797. The molecular formula is C16H23Cl2F2N3O2. The van der Waals surface area contributed by atoms with Crippen molar-refractivity contribution in [1.29, 1.82) is 0 Å². The molecule has 2 atom stereocenters. The van der Waals surface area contributed by atoms with Gasteiger partial charge in [0, 0.05) is 38.3 Å². The van der Waals surface area contributed by atoms with Crippen LogP contribution in [-0.2, 0) is 16.1 Å².